The summed E-state index contributed by atoms with van der Waals surface area (Å²) in [6.07, 6.45) is 1.04. The molecule has 1 atom stereocenters. The molecule has 1 saturated heterocycles. The first-order chi connectivity index (χ1) is 6.75. The Morgan fingerprint density at radius 3 is 3.00 bits per heavy atom. The van der Waals surface area contributed by atoms with Gasteiger partial charge in [0.25, 0.3) is 0 Å². The van der Waals surface area contributed by atoms with Crippen molar-refractivity contribution in [2.45, 2.75) is 12.5 Å². The Labute approximate surface area is 87.8 Å². The number of hydrogen-bond donors (Lipinski definition) is 1. The van der Waals surface area contributed by atoms with E-state index in [2.05, 4.69) is 0 Å². The van der Waals surface area contributed by atoms with E-state index in [1.54, 1.807) is 18.2 Å². The molecule has 1 fully saturated rings. The molecule has 0 unspecified atom stereocenters. The van der Waals surface area contributed by atoms with Gasteiger partial charge in [-0.2, -0.15) is 0 Å². The quantitative estimate of drug-likeness (QED) is 0.766. The Balaban J connectivity index is 2.08. The number of nitrogens with two attached hydrogens (primary N) is 1. The molecule has 14 heavy (non-hydrogen) atoms. The van der Waals surface area contributed by atoms with Crippen LogP contribution in [0.4, 0.5) is 5.69 Å². The van der Waals surface area contributed by atoms with E-state index in [9.17, 15) is 0 Å². The molecule has 76 valence electrons. The molecule has 0 aliphatic carbocycles. The molecule has 1 aliphatic heterocycles. The summed E-state index contributed by atoms with van der Waals surface area (Å²) in [5.74, 6) is 0.685. The summed E-state index contributed by atoms with van der Waals surface area (Å²) in [6.45, 7) is 1.40. The van der Waals surface area contributed by atoms with Crippen LogP contribution in [0.1, 0.15) is 6.42 Å². The van der Waals surface area contributed by atoms with Gasteiger partial charge in [-0.15, -0.1) is 0 Å². The lowest BCUT2D eigenvalue weighted by atomic mass is 10.3. The molecule has 1 aromatic carbocycles. The van der Waals surface area contributed by atoms with Crippen molar-refractivity contribution < 1.29 is 9.47 Å². The Hall–Kier alpha value is -0.930. The van der Waals surface area contributed by atoms with Gasteiger partial charge in [0.15, 0.2) is 0 Å². The number of benzene rings is 1. The molecule has 2 rings (SSSR count). The molecule has 0 spiro atoms. The molecule has 0 amide bonds. The van der Waals surface area contributed by atoms with Crippen molar-refractivity contribution in [1.29, 1.82) is 0 Å². The lowest BCUT2D eigenvalue weighted by molar-refractivity contribution is 0.142. The summed E-state index contributed by atoms with van der Waals surface area (Å²) in [4.78, 5) is 0. The van der Waals surface area contributed by atoms with Gasteiger partial charge in [0, 0.05) is 11.4 Å². The van der Waals surface area contributed by atoms with E-state index in [1.807, 2.05) is 0 Å². The molecule has 0 radical (unpaired) electrons. The van der Waals surface area contributed by atoms with Crippen LogP contribution in [0, 0.1) is 0 Å². The van der Waals surface area contributed by atoms with E-state index in [0.29, 0.717) is 23.1 Å². The minimum Gasteiger partial charge on any atom is -0.486 e. The first-order valence-corrected chi connectivity index (χ1v) is 4.93. The minimum atomic E-state index is 0.124. The highest BCUT2D eigenvalue weighted by Crippen LogP contribution is 2.27. The van der Waals surface area contributed by atoms with Gasteiger partial charge in [0.1, 0.15) is 11.9 Å². The van der Waals surface area contributed by atoms with Gasteiger partial charge >= 0.3 is 0 Å². The third-order valence-electron chi connectivity index (χ3n) is 2.15. The average molecular weight is 214 g/mol. The second kappa shape index (κ2) is 4.07. The zero-order valence-electron chi connectivity index (χ0n) is 7.70. The average Bonchev–Trinajstić information content (AvgIpc) is 2.62. The highest BCUT2D eigenvalue weighted by atomic mass is 35.5. The molecule has 2 N–H and O–H groups in total. The van der Waals surface area contributed by atoms with Crippen LogP contribution in [0.5, 0.6) is 5.75 Å². The number of hydrogen-bond acceptors (Lipinski definition) is 3. The van der Waals surface area contributed by atoms with Gasteiger partial charge < -0.3 is 15.2 Å². The molecule has 1 aromatic rings. The van der Waals surface area contributed by atoms with Crippen molar-refractivity contribution in [3.05, 3.63) is 23.2 Å². The summed E-state index contributed by atoms with van der Waals surface area (Å²) in [5, 5.41) is 0.623. The van der Waals surface area contributed by atoms with Crippen molar-refractivity contribution in [2.75, 3.05) is 18.9 Å². The van der Waals surface area contributed by atoms with E-state index in [-0.39, 0.29) is 6.10 Å². The van der Waals surface area contributed by atoms with Gasteiger partial charge in [-0.3, -0.25) is 0 Å². The van der Waals surface area contributed by atoms with Crippen molar-refractivity contribution in [3.63, 3.8) is 0 Å². The molecule has 4 heteroatoms. The monoisotopic (exact) mass is 213 g/mol. The normalized spacial score (nSPS) is 21.1. The highest BCUT2D eigenvalue weighted by Gasteiger charge is 2.17. The lowest BCUT2D eigenvalue weighted by Gasteiger charge is -2.13. The number of ether oxygens (including phenoxy) is 2. The predicted molar refractivity (Wildman–Crippen MR) is 55.7 cm³/mol. The minimum absolute atomic E-state index is 0.124. The van der Waals surface area contributed by atoms with Crippen LogP contribution < -0.4 is 10.5 Å². The fourth-order valence-corrected chi connectivity index (χ4v) is 1.59. The van der Waals surface area contributed by atoms with Crippen LogP contribution in [-0.4, -0.2) is 19.3 Å². The maximum atomic E-state index is 5.77. The number of rotatable bonds is 2. The number of nitrogen functional groups attached to an aromatic ring is 1. The highest BCUT2D eigenvalue weighted by molar-refractivity contribution is 6.30. The van der Waals surface area contributed by atoms with Crippen LogP contribution >= 0.6 is 11.6 Å². The summed E-state index contributed by atoms with van der Waals surface area (Å²) in [6, 6.07) is 5.24. The third-order valence-corrected chi connectivity index (χ3v) is 2.39. The molecule has 3 nitrogen and oxygen atoms in total. The Morgan fingerprint density at radius 2 is 2.36 bits per heavy atom. The van der Waals surface area contributed by atoms with Crippen LogP contribution in [0.2, 0.25) is 5.02 Å². The van der Waals surface area contributed by atoms with Gasteiger partial charge in [0.05, 0.1) is 18.9 Å². The smallest absolute Gasteiger partial charge is 0.142 e. The topological polar surface area (TPSA) is 44.5 Å². The predicted octanol–water partition coefficient (Wildman–Crippen LogP) is 2.09. The second-order valence-electron chi connectivity index (χ2n) is 3.29. The van der Waals surface area contributed by atoms with E-state index in [4.69, 9.17) is 26.8 Å². The van der Waals surface area contributed by atoms with Gasteiger partial charge in [0.2, 0.25) is 0 Å². The summed E-state index contributed by atoms with van der Waals surface area (Å²) < 4.78 is 10.9. The zero-order valence-corrected chi connectivity index (χ0v) is 8.46. The van der Waals surface area contributed by atoms with E-state index >= 15 is 0 Å². The molecular formula is C10H12ClNO2. The zero-order chi connectivity index (χ0) is 9.97. The molecule has 0 saturated carbocycles. The van der Waals surface area contributed by atoms with E-state index < -0.39 is 0 Å². The van der Waals surface area contributed by atoms with Gasteiger partial charge in [-0.25, -0.2) is 0 Å². The van der Waals surface area contributed by atoms with Crippen molar-refractivity contribution >= 4 is 17.3 Å². The first kappa shape index (κ1) is 9.62. The first-order valence-electron chi connectivity index (χ1n) is 4.55. The summed E-state index contributed by atoms with van der Waals surface area (Å²) in [7, 11) is 0. The fourth-order valence-electron chi connectivity index (χ4n) is 1.41. The van der Waals surface area contributed by atoms with Crippen LogP contribution in [-0.2, 0) is 4.74 Å². The molecule has 0 bridgehead atoms. The van der Waals surface area contributed by atoms with Crippen molar-refractivity contribution in [3.8, 4) is 5.75 Å². The third kappa shape index (κ3) is 2.11. The van der Waals surface area contributed by atoms with Crippen LogP contribution in [0.3, 0.4) is 0 Å². The fraction of sp³-hybridized carbons (Fsp3) is 0.400. The van der Waals surface area contributed by atoms with E-state index in [1.165, 1.54) is 0 Å². The Kier molecular flexibility index (Phi) is 2.79. The molecule has 1 aliphatic rings. The Bertz CT molecular complexity index is 324. The van der Waals surface area contributed by atoms with Crippen LogP contribution in [0.15, 0.2) is 18.2 Å². The van der Waals surface area contributed by atoms with Gasteiger partial charge in [-0.05, 0) is 18.2 Å². The van der Waals surface area contributed by atoms with Crippen molar-refractivity contribution in [1.82, 2.24) is 0 Å². The maximum absolute atomic E-state index is 5.77. The standard InChI is InChI=1S/C10H12ClNO2/c11-7-1-2-10(9(12)5-7)14-8-3-4-13-6-8/h1-2,5,8H,3-4,6,12H2/t8-/m1/s1. The number of anilines is 1. The Morgan fingerprint density at radius 1 is 1.50 bits per heavy atom. The summed E-state index contributed by atoms with van der Waals surface area (Å²) >= 11 is 5.77. The van der Waals surface area contributed by atoms with Crippen molar-refractivity contribution in [2.24, 2.45) is 0 Å². The number of halogens is 1. The maximum Gasteiger partial charge on any atom is 0.142 e. The molecule has 0 aromatic heterocycles. The van der Waals surface area contributed by atoms with Gasteiger partial charge in [-0.1, -0.05) is 11.6 Å². The summed E-state index contributed by atoms with van der Waals surface area (Å²) in [5.41, 5.74) is 6.32. The largest absolute Gasteiger partial charge is 0.486 e. The SMILES string of the molecule is Nc1cc(Cl)ccc1O[C@@H]1CCOC1. The lowest BCUT2D eigenvalue weighted by Crippen LogP contribution is -2.16. The second-order valence-corrected chi connectivity index (χ2v) is 3.72. The van der Waals surface area contributed by atoms with Crippen LogP contribution in [0.25, 0.3) is 0 Å². The van der Waals surface area contributed by atoms with E-state index in [0.717, 1.165) is 13.0 Å². The molecular weight excluding hydrogens is 202 g/mol. The molecule has 1 heterocycles.